The molecule has 0 amide bonds. The lowest BCUT2D eigenvalue weighted by molar-refractivity contribution is 0.0701. The van der Waals surface area contributed by atoms with Crippen molar-refractivity contribution in [2.45, 2.75) is 13.8 Å². The van der Waals surface area contributed by atoms with E-state index < -0.39 is 5.97 Å². The summed E-state index contributed by atoms with van der Waals surface area (Å²) in [5, 5.41) is 9.96. The lowest BCUT2D eigenvalue weighted by Crippen LogP contribution is -2.01. The Balaban J connectivity index is 2.38. The second-order valence-electron chi connectivity index (χ2n) is 4.08. The topological polar surface area (TPSA) is 80.9 Å². The molecule has 0 spiro atoms. The Labute approximate surface area is 112 Å². The fraction of sp³-hybridized carbons (Fsp3) is 0.167. The van der Waals surface area contributed by atoms with Gasteiger partial charge in [-0.15, -0.1) is 11.3 Å². The van der Waals surface area contributed by atoms with Gasteiger partial charge in [-0.05, 0) is 19.4 Å². The molecule has 0 aliphatic heterocycles. The van der Waals surface area contributed by atoms with Crippen LogP contribution in [0.3, 0.4) is 0 Å². The maximum atomic E-state index is 11.2. The highest BCUT2D eigenvalue weighted by Crippen LogP contribution is 2.32. The number of rotatable bonds is 2. The van der Waals surface area contributed by atoms with Gasteiger partial charge in [0.25, 0.3) is 0 Å². The largest absolute Gasteiger partial charge is 0.477 e. The van der Waals surface area contributed by atoms with Crippen molar-refractivity contribution in [1.29, 1.82) is 0 Å². The van der Waals surface area contributed by atoms with Crippen LogP contribution in [0.2, 0.25) is 0 Å². The average Bonchev–Trinajstić information content (AvgIpc) is 2.94. The van der Waals surface area contributed by atoms with E-state index in [1.54, 1.807) is 19.3 Å². The van der Waals surface area contributed by atoms with E-state index >= 15 is 0 Å². The minimum Gasteiger partial charge on any atom is -0.477 e. The molecule has 0 radical (unpaired) electrons. The number of aromatic carboxylic acids is 1. The third-order valence-electron chi connectivity index (χ3n) is 2.95. The number of hydrogen-bond acceptors (Lipinski definition) is 5. The lowest BCUT2D eigenvalue weighted by atomic mass is 10.2. The van der Waals surface area contributed by atoms with Crippen molar-refractivity contribution in [2.75, 3.05) is 0 Å². The zero-order valence-electron chi connectivity index (χ0n) is 10.3. The number of imidazole rings is 1. The van der Waals surface area contributed by atoms with Gasteiger partial charge in [-0.2, -0.15) is 0 Å². The molecule has 0 bridgehead atoms. The summed E-state index contributed by atoms with van der Waals surface area (Å²) in [6, 6.07) is 0. The molecule has 3 rings (SSSR count). The van der Waals surface area contributed by atoms with Crippen LogP contribution in [0.1, 0.15) is 21.1 Å². The summed E-state index contributed by atoms with van der Waals surface area (Å²) in [6.45, 7) is 3.65. The van der Waals surface area contributed by atoms with E-state index in [-0.39, 0.29) is 0 Å². The monoisotopic (exact) mass is 274 g/mol. The Hall–Kier alpha value is -2.28. The van der Waals surface area contributed by atoms with Crippen molar-refractivity contribution in [1.82, 2.24) is 19.5 Å². The van der Waals surface area contributed by atoms with E-state index in [1.165, 1.54) is 6.33 Å². The van der Waals surface area contributed by atoms with Crippen molar-refractivity contribution in [2.24, 2.45) is 0 Å². The van der Waals surface area contributed by atoms with E-state index in [1.807, 2.05) is 11.5 Å². The predicted octanol–water partition coefficient (Wildman–Crippen LogP) is 2.19. The lowest BCUT2D eigenvalue weighted by Gasteiger charge is -2.05. The van der Waals surface area contributed by atoms with Crippen LogP contribution in [-0.2, 0) is 0 Å². The minimum absolute atomic E-state index is 0.300. The molecule has 3 aromatic rings. The minimum atomic E-state index is -0.936. The van der Waals surface area contributed by atoms with E-state index in [0.29, 0.717) is 21.1 Å². The van der Waals surface area contributed by atoms with Gasteiger partial charge >= 0.3 is 5.97 Å². The average molecular weight is 274 g/mol. The van der Waals surface area contributed by atoms with Gasteiger partial charge in [0.1, 0.15) is 21.9 Å². The number of hydrogen-bond donors (Lipinski definition) is 1. The number of carboxylic acid groups (broad SMARTS) is 1. The first-order valence-electron chi connectivity index (χ1n) is 5.57. The maximum absolute atomic E-state index is 11.2. The molecule has 96 valence electrons. The molecule has 19 heavy (non-hydrogen) atoms. The summed E-state index contributed by atoms with van der Waals surface area (Å²) in [7, 11) is 0. The first kappa shape index (κ1) is 11.8. The van der Waals surface area contributed by atoms with Gasteiger partial charge in [0, 0.05) is 12.4 Å². The summed E-state index contributed by atoms with van der Waals surface area (Å²) < 4.78 is 1.83. The number of aryl methyl sites for hydroxylation is 2. The fourth-order valence-electron chi connectivity index (χ4n) is 2.04. The first-order valence-corrected chi connectivity index (χ1v) is 6.39. The van der Waals surface area contributed by atoms with Gasteiger partial charge in [0.2, 0.25) is 0 Å². The molecule has 0 saturated carbocycles. The smallest absolute Gasteiger partial charge is 0.346 e. The standard InChI is InChI=1S/C12H10N4O2S/c1-6-8-10(16-4-3-13-7(16)2)14-5-15-11(8)19-9(6)12(17)18/h3-5H,1-2H3,(H,17,18). The van der Waals surface area contributed by atoms with Gasteiger partial charge < -0.3 is 5.11 Å². The molecule has 0 aliphatic rings. The Bertz CT molecular complexity index is 790. The first-order chi connectivity index (χ1) is 9.09. The molecule has 0 atom stereocenters. The number of carboxylic acids is 1. The van der Waals surface area contributed by atoms with Crippen LogP contribution in [0.15, 0.2) is 18.7 Å². The van der Waals surface area contributed by atoms with E-state index in [0.717, 1.165) is 22.5 Å². The Morgan fingerprint density at radius 1 is 1.32 bits per heavy atom. The van der Waals surface area contributed by atoms with Crippen molar-refractivity contribution in [3.63, 3.8) is 0 Å². The van der Waals surface area contributed by atoms with Gasteiger partial charge in [-0.3, -0.25) is 4.57 Å². The van der Waals surface area contributed by atoms with Gasteiger partial charge in [-0.1, -0.05) is 0 Å². The number of fused-ring (bicyclic) bond motifs is 1. The molecule has 0 fully saturated rings. The van der Waals surface area contributed by atoms with Crippen LogP contribution in [0.4, 0.5) is 0 Å². The second-order valence-corrected chi connectivity index (χ2v) is 5.08. The highest BCUT2D eigenvalue weighted by Gasteiger charge is 2.19. The molecule has 0 aliphatic carbocycles. The molecule has 0 unspecified atom stereocenters. The molecule has 6 nitrogen and oxygen atoms in total. The molecule has 3 aromatic heterocycles. The summed E-state index contributed by atoms with van der Waals surface area (Å²) in [5.41, 5.74) is 0.691. The molecule has 1 N–H and O–H groups in total. The molecular weight excluding hydrogens is 264 g/mol. The predicted molar refractivity (Wildman–Crippen MR) is 71.0 cm³/mol. The fourth-order valence-corrected chi connectivity index (χ4v) is 3.02. The third kappa shape index (κ3) is 1.70. The van der Waals surface area contributed by atoms with Gasteiger partial charge in [0.15, 0.2) is 5.82 Å². The normalized spacial score (nSPS) is 11.1. The van der Waals surface area contributed by atoms with Crippen molar-refractivity contribution >= 4 is 27.5 Å². The maximum Gasteiger partial charge on any atom is 0.346 e. The van der Waals surface area contributed by atoms with Crippen molar-refractivity contribution in [3.8, 4) is 5.82 Å². The molecule has 0 aromatic carbocycles. The van der Waals surface area contributed by atoms with E-state index in [2.05, 4.69) is 15.0 Å². The van der Waals surface area contributed by atoms with Crippen LogP contribution in [0.25, 0.3) is 16.0 Å². The van der Waals surface area contributed by atoms with Gasteiger partial charge in [0.05, 0.1) is 5.39 Å². The molecular formula is C12H10N4O2S. The number of thiophene rings is 1. The molecule has 0 saturated heterocycles. The third-order valence-corrected chi connectivity index (χ3v) is 4.14. The van der Waals surface area contributed by atoms with Crippen LogP contribution >= 0.6 is 11.3 Å². The zero-order chi connectivity index (χ0) is 13.6. The zero-order valence-corrected chi connectivity index (χ0v) is 11.1. The van der Waals surface area contributed by atoms with Crippen molar-refractivity contribution < 1.29 is 9.90 Å². The number of aromatic nitrogens is 4. The van der Waals surface area contributed by atoms with Crippen LogP contribution in [0.5, 0.6) is 0 Å². The summed E-state index contributed by atoms with van der Waals surface area (Å²) >= 11 is 1.16. The number of nitrogens with zero attached hydrogens (tertiary/aromatic N) is 4. The van der Waals surface area contributed by atoms with Crippen LogP contribution < -0.4 is 0 Å². The summed E-state index contributed by atoms with van der Waals surface area (Å²) in [4.78, 5) is 24.8. The summed E-state index contributed by atoms with van der Waals surface area (Å²) in [5.74, 6) is 0.525. The van der Waals surface area contributed by atoms with Crippen LogP contribution in [0, 0.1) is 13.8 Å². The summed E-state index contributed by atoms with van der Waals surface area (Å²) in [6.07, 6.45) is 4.93. The van der Waals surface area contributed by atoms with Crippen molar-refractivity contribution in [3.05, 3.63) is 35.0 Å². The van der Waals surface area contributed by atoms with E-state index in [9.17, 15) is 9.90 Å². The van der Waals surface area contributed by atoms with Gasteiger partial charge in [-0.25, -0.2) is 19.7 Å². The molecule has 7 heteroatoms. The highest BCUT2D eigenvalue weighted by atomic mass is 32.1. The van der Waals surface area contributed by atoms with Crippen LogP contribution in [-0.4, -0.2) is 30.6 Å². The molecule has 3 heterocycles. The SMILES string of the molecule is Cc1c(C(=O)O)sc2ncnc(-n3ccnc3C)c12. The quantitative estimate of drug-likeness (QED) is 0.774. The highest BCUT2D eigenvalue weighted by molar-refractivity contribution is 7.20. The van der Waals surface area contributed by atoms with E-state index in [4.69, 9.17) is 0 Å². The Morgan fingerprint density at radius 3 is 2.74 bits per heavy atom. The Morgan fingerprint density at radius 2 is 2.11 bits per heavy atom. The number of carbonyl (C=O) groups is 1. The Kier molecular flexibility index (Phi) is 2.56. The second kappa shape index (κ2) is 4.13.